The summed E-state index contributed by atoms with van der Waals surface area (Å²) in [6.07, 6.45) is 7.62. The highest BCUT2D eigenvalue weighted by Gasteiger charge is 2.14. The van der Waals surface area contributed by atoms with Gasteiger partial charge in [0, 0.05) is 12.1 Å². The molecule has 0 heterocycles. The largest absolute Gasteiger partial charge is 0.380 e. The van der Waals surface area contributed by atoms with E-state index < -0.39 is 0 Å². The Morgan fingerprint density at radius 1 is 1.36 bits per heavy atom. The summed E-state index contributed by atoms with van der Waals surface area (Å²) < 4.78 is 5.52. The Morgan fingerprint density at radius 3 is 2.64 bits per heavy atom. The van der Waals surface area contributed by atoms with E-state index in [0.29, 0.717) is 6.61 Å². The minimum absolute atomic E-state index is 0.152. The Kier molecular flexibility index (Phi) is 7.81. The fourth-order valence-corrected chi connectivity index (χ4v) is 1.08. The lowest BCUT2D eigenvalue weighted by Crippen LogP contribution is -2.40. The van der Waals surface area contributed by atoms with Crippen LogP contribution in [0.15, 0.2) is 12.7 Å². The van der Waals surface area contributed by atoms with Gasteiger partial charge in [0.05, 0.1) is 6.61 Å². The van der Waals surface area contributed by atoms with Crippen LogP contribution in [-0.2, 0) is 4.74 Å². The lowest BCUT2D eigenvalue weighted by Gasteiger charge is -2.22. The highest BCUT2D eigenvalue weighted by molar-refractivity contribution is 4.75. The molecule has 0 aliphatic heterocycles. The quantitative estimate of drug-likeness (QED) is 0.458. The summed E-state index contributed by atoms with van der Waals surface area (Å²) in [7, 11) is 0. The van der Waals surface area contributed by atoms with Crippen LogP contribution in [0.1, 0.15) is 46.0 Å². The smallest absolute Gasteiger partial charge is 0.0643 e. The van der Waals surface area contributed by atoms with Crippen molar-refractivity contribution in [1.29, 1.82) is 0 Å². The van der Waals surface area contributed by atoms with Crippen molar-refractivity contribution < 1.29 is 4.74 Å². The molecule has 1 unspecified atom stereocenters. The second-order valence-electron chi connectivity index (χ2n) is 4.20. The highest BCUT2D eigenvalue weighted by Crippen LogP contribution is 2.06. The zero-order valence-corrected chi connectivity index (χ0v) is 9.72. The summed E-state index contributed by atoms with van der Waals surface area (Å²) in [5, 5.41) is 0. The van der Waals surface area contributed by atoms with E-state index in [1.165, 1.54) is 12.8 Å². The molecule has 0 amide bonds. The van der Waals surface area contributed by atoms with E-state index in [-0.39, 0.29) is 5.54 Å². The zero-order valence-electron chi connectivity index (χ0n) is 9.72. The van der Waals surface area contributed by atoms with Crippen molar-refractivity contribution in [2.24, 2.45) is 5.73 Å². The number of allylic oxidation sites excluding steroid dienone is 1. The number of rotatable bonds is 9. The van der Waals surface area contributed by atoms with Crippen LogP contribution in [0.4, 0.5) is 0 Å². The molecule has 0 saturated carbocycles. The summed E-state index contributed by atoms with van der Waals surface area (Å²) in [6, 6.07) is 0. The SMILES string of the molecule is C=CCCCCCOCC(C)(N)CC. The maximum atomic E-state index is 5.94. The van der Waals surface area contributed by atoms with Crippen LogP contribution in [0.5, 0.6) is 0 Å². The number of hydrogen-bond acceptors (Lipinski definition) is 2. The summed E-state index contributed by atoms with van der Waals surface area (Å²) in [6.45, 7) is 9.32. The minimum Gasteiger partial charge on any atom is -0.380 e. The fourth-order valence-electron chi connectivity index (χ4n) is 1.08. The van der Waals surface area contributed by atoms with Gasteiger partial charge in [0.2, 0.25) is 0 Å². The molecule has 2 nitrogen and oxygen atoms in total. The average Bonchev–Trinajstić information content (AvgIpc) is 2.16. The molecule has 0 aromatic carbocycles. The van der Waals surface area contributed by atoms with Gasteiger partial charge < -0.3 is 10.5 Å². The molecule has 2 N–H and O–H groups in total. The molecule has 0 spiro atoms. The van der Waals surface area contributed by atoms with Gasteiger partial charge in [-0.3, -0.25) is 0 Å². The van der Waals surface area contributed by atoms with Gasteiger partial charge in [-0.15, -0.1) is 6.58 Å². The van der Waals surface area contributed by atoms with E-state index in [9.17, 15) is 0 Å². The maximum Gasteiger partial charge on any atom is 0.0643 e. The first-order chi connectivity index (χ1) is 6.62. The van der Waals surface area contributed by atoms with Gasteiger partial charge in [-0.25, -0.2) is 0 Å². The van der Waals surface area contributed by atoms with Gasteiger partial charge in [0.25, 0.3) is 0 Å². The predicted octanol–water partition coefficient (Wildman–Crippen LogP) is 2.88. The van der Waals surface area contributed by atoms with Crippen molar-refractivity contribution >= 4 is 0 Å². The third kappa shape index (κ3) is 8.27. The Bertz CT molecular complexity index is 143. The molecular weight excluding hydrogens is 174 g/mol. The molecule has 0 fully saturated rings. The molecule has 1 atom stereocenters. The number of unbranched alkanes of at least 4 members (excludes halogenated alkanes) is 3. The second-order valence-corrected chi connectivity index (χ2v) is 4.20. The van der Waals surface area contributed by atoms with E-state index >= 15 is 0 Å². The third-order valence-electron chi connectivity index (χ3n) is 2.44. The number of nitrogens with two attached hydrogens (primary N) is 1. The van der Waals surface area contributed by atoms with Gasteiger partial charge in [-0.2, -0.15) is 0 Å². The van der Waals surface area contributed by atoms with Crippen molar-refractivity contribution in [2.75, 3.05) is 13.2 Å². The van der Waals surface area contributed by atoms with Crippen LogP contribution in [-0.4, -0.2) is 18.8 Å². The van der Waals surface area contributed by atoms with Gasteiger partial charge in [0.15, 0.2) is 0 Å². The van der Waals surface area contributed by atoms with E-state index in [1.54, 1.807) is 0 Å². The van der Waals surface area contributed by atoms with Crippen LogP contribution < -0.4 is 5.73 Å². The van der Waals surface area contributed by atoms with Gasteiger partial charge in [0.1, 0.15) is 0 Å². The molecule has 0 bridgehead atoms. The van der Waals surface area contributed by atoms with E-state index in [2.05, 4.69) is 13.5 Å². The highest BCUT2D eigenvalue weighted by atomic mass is 16.5. The van der Waals surface area contributed by atoms with Gasteiger partial charge >= 0.3 is 0 Å². The van der Waals surface area contributed by atoms with Crippen molar-refractivity contribution in [2.45, 2.75) is 51.5 Å². The molecule has 0 saturated heterocycles. The van der Waals surface area contributed by atoms with Crippen LogP contribution in [0, 0.1) is 0 Å². The molecular formula is C12H25NO. The van der Waals surface area contributed by atoms with Crippen molar-refractivity contribution in [3.05, 3.63) is 12.7 Å². The minimum atomic E-state index is -0.152. The van der Waals surface area contributed by atoms with Crippen LogP contribution >= 0.6 is 0 Å². The van der Waals surface area contributed by atoms with E-state index in [1.807, 2.05) is 13.0 Å². The molecule has 14 heavy (non-hydrogen) atoms. The first-order valence-electron chi connectivity index (χ1n) is 5.60. The van der Waals surface area contributed by atoms with Gasteiger partial charge in [-0.1, -0.05) is 19.4 Å². The van der Waals surface area contributed by atoms with E-state index in [4.69, 9.17) is 10.5 Å². The molecule has 0 aromatic heterocycles. The Labute approximate surface area is 88.5 Å². The number of hydrogen-bond donors (Lipinski definition) is 1. The van der Waals surface area contributed by atoms with Crippen molar-refractivity contribution in [1.82, 2.24) is 0 Å². The molecule has 84 valence electrons. The lowest BCUT2D eigenvalue weighted by atomic mass is 10.0. The fraction of sp³-hybridized carbons (Fsp3) is 0.833. The Hall–Kier alpha value is -0.340. The summed E-state index contributed by atoms with van der Waals surface area (Å²) in [5.41, 5.74) is 5.79. The normalized spacial score (nSPS) is 15.1. The number of ether oxygens (including phenoxy) is 1. The molecule has 0 rings (SSSR count). The maximum absolute atomic E-state index is 5.94. The van der Waals surface area contributed by atoms with Crippen molar-refractivity contribution in [3.8, 4) is 0 Å². The molecule has 0 aliphatic rings. The van der Waals surface area contributed by atoms with Gasteiger partial charge in [-0.05, 0) is 32.6 Å². The Morgan fingerprint density at radius 2 is 2.07 bits per heavy atom. The monoisotopic (exact) mass is 199 g/mol. The standard InChI is InChI=1S/C12H25NO/c1-4-6-7-8-9-10-14-11-12(3,13)5-2/h4H,1,5-11,13H2,2-3H3. The molecule has 0 aliphatic carbocycles. The zero-order chi connectivity index (χ0) is 10.9. The van der Waals surface area contributed by atoms with Crippen molar-refractivity contribution in [3.63, 3.8) is 0 Å². The lowest BCUT2D eigenvalue weighted by molar-refractivity contribution is 0.0866. The summed E-state index contributed by atoms with van der Waals surface area (Å²) in [5.74, 6) is 0. The molecule has 0 aromatic rings. The summed E-state index contributed by atoms with van der Waals surface area (Å²) >= 11 is 0. The molecule has 2 heteroatoms. The third-order valence-corrected chi connectivity index (χ3v) is 2.44. The van der Waals surface area contributed by atoms with Crippen LogP contribution in [0.3, 0.4) is 0 Å². The van der Waals surface area contributed by atoms with E-state index in [0.717, 1.165) is 25.9 Å². The Balaban J connectivity index is 3.17. The summed E-state index contributed by atoms with van der Waals surface area (Å²) in [4.78, 5) is 0. The average molecular weight is 199 g/mol. The molecule has 0 radical (unpaired) electrons. The predicted molar refractivity (Wildman–Crippen MR) is 62.4 cm³/mol. The van der Waals surface area contributed by atoms with Crippen LogP contribution in [0.2, 0.25) is 0 Å². The van der Waals surface area contributed by atoms with Crippen LogP contribution in [0.25, 0.3) is 0 Å². The first kappa shape index (κ1) is 13.7. The topological polar surface area (TPSA) is 35.2 Å². The second kappa shape index (κ2) is 8.01. The first-order valence-corrected chi connectivity index (χ1v) is 5.60.